The fourth-order valence-electron chi connectivity index (χ4n) is 1.39. The van der Waals surface area contributed by atoms with Crippen molar-refractivity contribution in [1.82, 2.24) is 4.90 Å². The van der Waals surface area contributed by atoms with Gasteiger partial charge < -0.3 is 10.0 Å². The van der Waals surface area contributed by atoms with Gasteiger partial charge in [-0.15, -0.1) is 0 Å². The number of hydrogen-bond acceptors (Lipinski definition) is 2. The molecule has 0 radical (unpaired) electrons. The SMILES string of the molecule is CCN(Cc1cc(O)cc(Cl)c1)C(C)=O. The highest BCUT2D eigenvalue weighted by Crippen LogP contribution is 2.20. The zero-order valence-electron chi connectivity index (χ0n) is 8.83. The molecule has 1 N–H and O–H groups in total. The fourth-order valence-corrected chi connectivity index (χ4v) is 1.64. The van der Waals surface area contributed by atoms with E-state index in [-0.39, 0.29) is 11.7 Å². The van der Waals surface area contributed by atoms with Crippen molar-refractivity contribution in [2.45, 2.75) is 20.4 Å². The fraction of sp³-hybridized carbons (Fsp3) is 0.364. The molecule has 15 heavy (non-hydrogen) atoms. The van der Waals surface area contributed by atoms with Crippen molar-refractivity contribution in [3.05, 3.63) is 28.8 Å². The van der Waals surface area contributed by atoms with Crippen LogP contribution in [0.3, 0.4) is 0 Å². The van der Waals surface area contributed by atoms with Gasteiger partial charge in [0.25, 0.3) is 0 Å². The normalized spacial score (nSPS) is 10.1. The molecule has 0 heterocycles. The average molecular weight is 228 g/mol. The minimum Gasteiger partial charge on any atom is -0.508 e. The second kappa shape index (κ2) is 5.03. The Bertz CT molecular complexity index is 345. The number of nitrogens with zero attached hydrogens (tertiary/aromatic N) is 1. The number of aromatic hydroxyl groups is 1. The summed E-state index contributed by atoms with van der Waals surface area (Å²) in [6.07, 6.45) is 0. The number of rotatable bonds is 3. The van der Waals surface area contributed by atoms with Gasteiger partial charge in [0, 0.05) is 25.0 Å². The number of benzene rings is 1. The Balaban J connectivity index is 2.83. The minimum atomic E-state index is 0.0111. The van der Waals surface area contributed by atoms with Crippen LogP contribution < -0.4 is 0 Å². The van der Waals surface area contributed by atoms with Crippen LogP contribution in [0.4, 0.5) is 0 Å². The van der Waals surface area contributed by atoms with E-state index in [4.69, 9.17) is 11.6 Å². The summed E-state index contributed by atoms with van der Waals surface area (Å²) in [5.41, 5.74) is 0.831. The van der Waals surface area contributed by atoms with Crippen LogP contribution in [0.2, 0.25) is 5.02 Å². The Morgan fingerprint density at radius 3 is 2.60 bits per heavy atom. The number of hydrogen-bond donors (Lipinski definition) is 1. The predicted octanol–water partition coefficient (Wildman–Crippen LogP) is 2.41. The van der Waals surface area contributed by atoms with E-state index in [9.17, 15) is 9.90 Å². The third-order valence-corrected chi connectivity index (χ3v) is 2.36. The third-order valence-electron chi connectivity index (χ3n) is 2.14. The van der Waals surface area contributed by atoms with Crippen LogP contribution in [-0.4, -0.2) is 22.5 Å². The van der Waals surface area contributed by atoms with E-state index in [0.29, 0.717) is 18.1 Å². The summed E-state index contributed by atoms with van der Waals surface area (Å²) >= 11 is 5.79. The lowest BCUT2D eigenvalue weighted by atomic mass is 10.2. The van der Waals surface area contributed by atoms with Crippen molar-refractivity contribution < 1.29 is 9.90 Å². The molecule has 1 aromatic rings. The molecule has 82 valence electrons. The van der Waals surface area contributed by atoms with E-state index >= 15 is 0 Å². The maximum absolute atomic E-state index is 11.2. The predicted molar refractivity (Wildman–Crippen MR) is 59.9 cm³/mol. The lowest BCUT2D eigenvalue weighted by Gasteiger charge is -2.19. The summed E-state index contributed by atoms with van der Waals surface area (Å²) in [5.74, 6) is 0.133. The van der Waals surface area contributed by atoms with Gasteiger partial charge in [-0.05, 0) is 30.7 Å². The average Bonchev–Trinajstić information content (AvgIpc) is 2.12. The smallest absolute Gasteiger partial charge is 0.219 e. The molecule has 0 aliphatic carbocycles. The maximum Gasteiger partial charge on any atom is 0.219 e. The monoisotopic (exact) mass is 227 g/mol. The van der Waals surface area contributed by atoms with Crippen molar-refractivity contribution in [3.63, 3.8) is 0 Å². The standard InChI is InChI=1S/C11H14ClNO2/c1-3-13(8(2)14)7-9-4-10(12)6-11(15)5-9/h4-6,15H,3,7H2,1-2H3. The van der Waals surface area contributed by atoms with Gasteiger partial charge in [0.05, 0.1) is 0 Å². The van der Waals surface area contributed by atoms with E-state index in [1.54, 1.807) is 17.0 Å². The first kappa shape index (κ1) is 11.9. The summed E-state index contributed by atoms with van der Waals surface area (Å²) in [5, 5.41) is 9.81. The summed E-state index contributed by atoms with van der Waals surface area (Å²) in [6.45, 7) is 4.54. The first-order valence-electron chi connectivity index (χ1n) is 4.77. The molecule has 0 bridgehead atoms. The summed E-state index contributed by atoms with van der Waals surface area (Å²) in [6, 6.07) is 4.82. The molecular formula is C11H14ClNO2. The van der Waals surface area contributed by atoms with Crippen LogP contribution in [0.15, 0.2) is 18.2 Å². The van der Waals surface area contributed by atoms with Crippen LogP contribution in [-0.2, 0) is 11.3 Å². The van der Waals surface area contributed by atoms with E-state index in [2.05, 4.69) is 0 Å². The quantitative estimate of drug-likeness (QED) is 0.862. The van der Waals surface area contributed by atoms with Gasteiger partial charge in [-0.3, -0.25) is 4.79 Å². The number of carbonyl (C=O) groups is 1. The molecule has 0 aliphatic rings. The van der Waals surface area contributed by atoms with Gasteiger partial charge in [0.15, 0.2) is 0 Å². The van der Waals surface area contributed by atoms with Gasteiger partial charge in [0.2, 0.25) is 5.91 Å². The van der Waals surface area contributed by atoms with E-state index in [1.807, 2.05) is 6.92 Å². The highest BCUT2D eigenvalue weighted by atomic mass is 35.5. The van der Waals surface area contributed by atoms with Gasteiger partial charge in [-0.1, -0.05) is 11.6 Å². The molecular weight excluding hydrogens is 214 g/mol. The number of phenolic OH excluding ortho intramolecular Hbond substituents is 1. The Morgan fingerprint density at radius 1 is 1.47 bits per heavy atom. The Morgan fingerprint density at radius 2 is 2.13 bits per heavy atom. The lowest BCUT2D eigenvalue weighted by molar-refractivity contribution is -0.129. The molecule has 0 aromatic heterocycles. The molecule has 0 aliphatic heterocycles. The Hall–Kier alpha value is -1.22. The zero-order valence-corrected chi connectivity index (χ0v) is 9.58. The van der Waals surface area contributed by atoms with Crippen molar-refractivity contribution >= 4 is 17.5 Å². The highest BCUT2D eigenvalue weighted by molar-refractivity contribution is 6.30. The van der Waals surface area contributed by atoms with Crippen LogP contribution >= 0.6 is 11.6 Å². The van der Waals surface area contributed by atoms with Gasteiger partial charge >= 0.3 is 0 Å². The van der Waals surface area contributed by atoms with Crippen LogP contribution in [0, 0.1) is 0 Å². The lowest BCUT2D eigenvalue weighted by Crippen LogP contribution is -2.27. The molecule has 0 saturated heterocycles. The van der Waals surface area contributed by atoms with Crippen LogP contribution in [0.5, 0.6) is 5.75 Å². The number of amides is 1. The number of phenols is 1. The first-order chi connectivity index (χ1) is 7.02. The van der Waals surface area contributed by atoms with Crippen LogP contribution in [0.1, 0.15) is 19.4 Å². The molecule has 0 unspecified atom stereocenters. The number of halogens is 1. The summed E-state index contributed by atoms with van der Waals surface area (Å²) in [4.78, 5) is 12.9. The van der Waals surface area contributed by atoms with Gasteiger partial charge in [-0.2, -0.15) is 0 Å². The number of carbonyl (C=O) groups excluding carboxylic acids is 1. The molecule has 1 rings (SSSR count). The van der Waals surface area contributed by atoms with Crippen molar-refractivity contribution in [2.75, 3.05) is 6.54 Å². The third kappa shape index (κ3) is 3.44. The van der Waals surface area contributed by atoms with Crippen molar-refractivity contribution in [3.8, 4) is 5.75 Å². The Labute approximate surface area is 94.3 Å². The molecule has 1 aromatic carbocycles. The molecule has 0 spiro atoms. The molecule has 4 heteroatoms. The summed E-state index contributed by atoms with van der Waals surface area (Å²) < 4.78 is 0. The van der Waals surface area contributed by atoms with E-state index in [0.717, 1.165) is 5.56 Å². The molecule has 0 saturated carbocycles. The molecule has 1 amide bonds. The topological polar surface area (TPSA) is 40.5 Å². The van der Waals surface area contributed by atoms with E-state index < -0.39 is 0 Å². The van der Waals surface area contributed by atoms with Crippen molar-refractivity contribution in [1.29, 1.82) is 0 Å². The van der Waals surface area contributed by atoms with Gasteiger partial charge in [-0.25, -0.2) is 0 Å². The van der Waals surface area contributed by atoms with Crippen molar-refractivity contribution in [2.24, 2.45) is 0 Å². The molecule has 0 fully saturated rings. The Kier molecular flexibility index (Phi) is 3.97. The summed E-state index contributed by atoms with van der Waals surface area (Å²) in [7, 11) is 0. The minimum absolute atomic E-state index is 0.0111. The highest BCUT2D eigenvalue weighted by Gasteiger charge is 2.07. The zero-order chi connectivity index (χ0) is 11.4. The largest absolute Gasteiger partial charge is 0.508 e. The molecule has 3 nitrogen and oxygen atoms in total. The molecule has 0 atom stereocenters. The second-order valence-corrected chi connectivity index (χ2v) is 3.79. The first-order valence-corrected chi connectivity index (χ1v) is 5.14. The second-order valence-electron chi connectivity index (χ2n) is 3.35. The van der Waals surface area contributed by atoms with Gasteiger partial charge in [0.1, 0.15) is 5.75 Å². The van der Waals surface area contributed by atoms with E-state index in [1.165, 1.54) is 13.0 Å². The maximum atomic E-state index is 11.2. The van der Waals surface area contributed by atoms with Crippen LogP contribution in [0.25, 0.3) is 0 Å².